The number of rotatable bonds is 7. The Bertz CT molecular complexity index is 1060. The Labute approximate surface area is 205 Å². The van der Waals surface area contributed by atoms with E-state index in [1.807, 2.05) is 44.4 Å². The lowest BCUT2D eigenvalue weighted by atomic mass is 9.80. The van der Waals surface area contributed by atoms with Gasteiger partial charge in [0.1, 0.15) is 16.3 Å². The average Bonchev–Trinajstić information content (AvgIpc) is 3.18. The molecule has 0 radical (unpaired) electrons. The maximum atomic E-state index is 13.2. The van der Waals surface area contributed by atoms with Gasteiger partial charge in [0.05, 0.1) is 6.61 Å². The molecule has 0 spiro atoms. The highest BCUT2D eigenvalue weighted by Crippen LogP contribution is 2.45. The Morgan fingerprint density at radius 3 is 2.58 bits per heavy atom. The van der Waals surface area contributed by atoms with Gasteiger partial charge in [0.25, 0.3) is 0 Å². The van der Waals surface area contributed by atoms with Crippen molar-refractivity contribution in [2.75, 3.05) is 5.73 Å². The van der Waals surface area contributed by atoms with Gasteiger partial charge in [-0.3, -0.25) is 0 Å². The number of benzene rings is 1. The van der Waals surface area contributed by atoms with E-state index < -0.39 is 11.6 Å². The van der Waals surface area contributed by atoms with Crippen molar-refractivity contribution >= 4 is 34.8 Å². The molecule has 5 nitrogen and oxygen atoms in total. The predicted octanol–water partition coefficient (Wildman–Crippen LogP) is 6.26. The summed E-state index contributed by atoms with van der Waals surface area (Å²) in [6.45, 7) is 12.3. The van der Waals surface area contributed by atoms with Gasteiger partial charge in [-0.2, -0.15) is 0 Å². The summed E-state index contributed by atoms with van der Waals surface area (Å²) >= 11 is 2.85. The van der Waals surface area contributed by atoms with Crippen LogP contribution < -0.4 is 5.73 Å². The molecule has 0 fully saturated rings. The van der Waals surface area contributed by atoms with Crippen molar-refractivity contribution in [3.8, 4) is 0 Å². The molecular weight excluding hydrogens is 454 g/mol. The second-order valence-electron chi connectivity index (χ2n) is 10.1. The first-order valence-electron chi connectivity index (χ1n) is 11.3. The van der Waals surface area contributed by atoms with Gasteiger partial charge >= 0.3 is 5.97 Å². The molecule has 0 saturated carbocycles. The lowest BCUT2D eigenvalue weighted by Crippen LogP contribution is -2.44. The highest BCUT2D eigenvalue weighted by molar-refractivity contribution is 8.04. The lowest BCUT2D eigenvalue weighted by molar-refractivity contribution is -0.164. The molecule has 2 aromatic rings. The maximum Gasteiger partial charge on any atom is 0.349 e. The third-order valence-corrected chi connectivity index (χ3v) is 8.62. The number of aryl methyl sites for hydroxylation is 2. The van der Waals surface area contributed by atoms with E-state index in [0.29, 0.717) is 18.5 Å². The van der Waals surface area contributed by atoms with E-state index in [2.05, 4.69) is 20.8 Å². The second kappa shape index (κ2) is 9.72. The normalized spacial score (nSPS) is 19.3. The zero-order valence-electron chi connectivity index (χ0n) is 20.3. The number of esters is 1. The topological polar surface area (TPSA) is 92.8 Å². The van der Waals surface area contributed by atoms with Crippen molar-refractivity contribution in [2.24, 2.45) is 5.92 Å². The smallest absolute Gasteiger partial charge is 0.349 e. The number of nitrogen functional groups attached to an aromatic ring is 1. The number of ether oxygens (including phenoxy) is 1. The average molecular weight is 490 g/mol. The molecule has 0 aliphatic carbocycles. The molecule has 33 heavy (non-hydrogen) atoms. The van der Waals surface area contributed by atoms with Crippen molar-refractivity contribution in [1.82, 2.24) is 0 Å². The molecule has 1 unspecified atom stereocenters. The molecule has 1 aromatic carbocycles. The third kappa shape index (κ3) is 5.42. The van der Waals surface area contributed by atoms with Crippen molar-refractivity contribution in [3.63, 3.8) is 0 Å². The fourth-order valence-electron chi connectivity index (χ4n) is 4.13. The van der Waals surface area contributed by atoms with Crippen molar-refractivity contribution in [2.45, 2.75) is 83.3 Å². The van der Waals surface area contributed by atoms with Crippen LogP contribution in [0.25, 0.3) is 0 Å². The molecule has 0 bridgehead atoms. The molecular formula is C26H35NO4S2. The predicted molar refractivity (Wildman–Crippen MR) is 137 cm³/mol. The van der Waals surface area contributed by atoms with Crippen molar-refractivity contribution < 1.29 is 19.7 Å². The molecule has 3 rings (SSSR count). The van der Waals surface area contributed by atoms with Crippen molar-refractivity contribution in [3.05, 3.63) is 55.8 Å². The molecule has 1 aliphatic rings. The number of nitrogens with two attached hydrogens (primary N) is 1. The molecule has 4 N–H and O–H groups in total. The number of thioether (sulfide) groups is 1. The molecule has 2 heterocycles. The zero-order chi connectivity index (χ0) is 24.6. The summed E-state index contributed by atoms with van der Waals surface area (Å²) in [4.78, 5) is 15.4. The summed E-state index contributed by atoms with van der Waals surface area (Å²) in [5.41, 5.74) is 8.78. The Morgan fingerprint density at radius 1 is 1.30 bits per heavy atom. The first-order chi connectivity index (χ1) is 15.4. The summed E-state index contributed by atoms with van der Waals surface area (Å²) < 4.78 is 6.08. The van der Waals surface area contributed by atoms with E-state index in [9.17, 15) is 15.0 Å². The Kier molecular flexibility index (Phi) is 7.56. The molecule has 1 atom stereocenters. The van der Waals surface area contributed by atoms with E-state index in [0.717, 1.165) is 26.5 Å². The highest BCUT2D eigenvalue weighted by Gasteiger charge is 2.44. The molecule has 1 aromatic heterocycles. The van der Waals surface area contributed by atoms with Gasteiger partial charge in [0, 0.05) is 21.9 Å². The summed E-state index contributed by atoms with van der Waals surface area (Å²) in [5, 5.41) is 22.6. The number of aliphatic hydroxyl groups excluding tert-OH is 2. The van der Waals surface area contributed by atoms with E-state index in [4.69, 9.17) is 10.5 Å². The minimum Gasteiger partial charge on any atom is -0.511 e. The maximum absolute atomic E-state index is 13.2. The summed E-state index contributed by atoms with van der Waals surface area (Å²) in [7, 11) is 0. The fraction of sp³-hybridized carbons (Fsp3) is 0.500. The van der Waals surface area contributed by atoms with Gasteiger partial charge in [-0.25, -0.2) is 4.79 Å². The quantitative estimate of drug-likeness (QED) is 0.314. The van der Waals surface area contributed by atoms with Gasteiger partial charge < -0.3 is 20.7 Å². The molecule has 0 saturated heterocycles. The molecule has 7 heteroatoms. The van der Waals surface area contributed by atoms with Gasteiger partial charge in [0.2, 0.25) is 0 Å². The largest absolute Gasteiger partial charge is 0.511 e. The van der Waals surface area contributed by atoms with Gasteiger partial charge in [0.15, 0.2) is 0 Å². The van der Waals surface area contributed by atoms with Gasteiger partial charge in [-0.1, -0.05) is 46.4 Å². The number of anilines is 1. The Morgan fingerprint density at radius 2 is 2.00 bits per heavy atom. The SMILES string of the molecule is Cc1cc(SC2=C(O)CC(CCc3sccc3CO)(C(C)C)OC2=O)c(C(C)(C)C)cc1N. The third-order valence-electron chi connectivity index (χ3n) is 6.43. The lowest BCUT2D eigenvalue weighted by Gasteiger charge is -2.40. The van der Waals surface area contributed by atoms with Gasteiger partial charge in [-0.05, 0) is 71.4 Å². The number of carbonyl (C=O) groups is 1. The standard InChI is InChI=1S/C26H35NO4S2/c1-15(2)26(9-7-21-17(14-28)8-10-32-21)13-20(29)23(24(30)31-26)33-22-11-16(3)19(27)12-18(22)25(4,5)6/h8,10-12,15,28-29H,7,9,13-14,27H2,1-6H3. The molecule has 180 valence electrons. The van der Waals surface area contributed by atoms with Crippen LogP contribution in [0, 0.1) is 12.8 Å². The first-order valence-corrected chi connectivity index (χ1v) is 13.0. The number of carbonyl (C=O) groups excluding carboxylic acids is 1. The number of aliphatic hydroxyl groups is 2. The number of thiophene rings is 1. The summed E-state index contributed by atoms with van der Waals surface area (Å²) in [6, 6.07) is 5.86. The Hall–Kier alpha value is -1.96. The minimum atomic E-state index is -0.786. The van der Waals surface area contributed by atoms with Crippen LogP contribution in [0.2, 0.25) is 0 Å². The zero-order valence-corrected chi connectivity index (χ0v) is 22.0. The number of cyclic esters (lactones) is 1. The van der Waals surface area contributed by atoms with Crippen LogP contribution in [0.5, 0.6) is 0 Å². The van der Waals surface area contributed by atoms with Crippen LogP contribution in [-0.4, -0.2) is 21.8 Å². The van der Waals surface area contributed by atoms with E-state index in [-0.39, 0.29) is 35.0 Å². The van der Waals surface area contributed by atoms with Crippen LogP contribution in [0.1, 0.15) is 69.0 Å². The van der Waals surface area contributed by atoms with E-state index in [1.165, 1.54) is 11.8 Å². The van der Waals surface area contributed by atoms with Crippen molar-refractivity contribution in [1.29, 1.82) is 0 Å². The first kappa shape index (κ1) is 25.7. The number of hydrogen-bond donors (Lipinski definition) is 3. The van der Waals surface area contributed by atoms with E-state index >= 15 is 0 Å². The molecule has 0 amide bonds. The van der Waals surface area contributed by atoms with Gasteiger partial charge in [-0.15, -0.1) is 11.3 Å². The van der Waals surface area contributed by atoms with Crippen LogP contribution in [0.15, 0.2) is 39.1 Å². The molecule has 1 aliphatic heterocycles. The summed E-state index contributed by atoms with van der Waals surface area (Å²) in [6.07, 6.45) is 1.54. The van der Waals surface area contributed by atoms with Crippen LogP contribution >= 0.6 is 23.1 Å². The Balaban J connectivity index is 1.91. The monoisotopic (exact) mass is 489 g/mol. The second-order valence-corrected chi connectivity index (χ2v) is 12.2. The fourth-order valence-corrected chi connectivity index (χ4v) is 6.28. The highest BCUT2D eigenvalue weighted by atomic mass is 32.2. The van der Waals surface area contributed by atoms with Crippen LogP contribution in [0.3, 0.4) is 0 Å². The van der Waals surface area contributed by atoms with Crippen LogP contribution in [-0.2, 0) is 28.0 Å². The van der Waals surface area contributed by atoms with E-state index in [1.54, 1.807) is 11.3 Å². The number of hydrogen-bond acceptors (Lipinski definition) is 7. The van der Waals surface area contributed by atoms with Crippen LogP contribution in [0.4, 0.5) is 5.69 Å². The minimum absolute atomic E-state index is 0.00361. The summed E-state index contributed by atoms with van der Waals surface area (Å²) in [5.74, 6) is -0.384.